The normalized spacial score (nSPS) is 10.6. The van der Waals surface area contributed by atoms with E-state index in [4.69, 9.17) is 4.74 Å². The molecule has 6 nitrogen and oxygen atoms in total. The van der Waals surface area contributed by atoms with E-state index in [9.17, 15) is 4.79 Å². The summed E-state index contributed by atoms with van der Waals surface area (Å²) in [6.45, 7) is 3.41. The zero-order chi connectivity index (χ0) is 17.6. The molecule has 0 atom stereocenters. The van der Waals surface area contributed by atoms with E-state index in [1.54, 1.807) is 31.4 Å². The molecule has 0 fully saturated rings. The van der Waals surface area contributed by atoms with Crippen LogP contribution in [-0.4, -0.2) is 29.5 Å². The number of carbonyl (C=O) groups is 1. The lowest BCUT2D eigenvalue weighted by Crippen LogP contribution is -2.30. The number of aryl methyl sites for hydroxylation is 2. The number of ether oxygens (including phenoxy) is 1. The number of urea groups is 1. The Hall–Kier alpha value is -3.02. The van der Waals surface area contributed by atoms with E-state index >= 15 is 0 Å². The zero-order valence-electron chi connectivity index (χ0n) is 14.5. The van der Waals surface area contributed by atoms with Crippen molar-refractivity contribution in [2.45, 2.75) is 19.9 Å². The van der Waals surface area contributed by atoms with Crippen molar-refractivity contribution in [3.05, 3.63) is 54.2 Å². The predicted octanol–water partition coefficient (Wildman–Crippen LogP) is 3.57. The number of methoxy groups -OCH3 is 1. The largest absolute Gasteiger partial charge is 0.497 e. The summed E-state index contributed by atoms with van der Waals surface area (Å²) >= 11 is 0. The molecular weight excluding hydrogens is 316 g/mol. The number of carbonyl (C=O) groups excluding carboxylic acids is 1. The number of rotatable bonds is 6. The van der Waals surface area contributed by atoms with Gasteiger partial charge in [-0.2, -0.15) is 5.10 Å². The fourth-order valence-corrected chi connectivity index (χ4v) is 2.64. The number of fused-ring (bicyclic) bond motifs is 1. The molecule has 3 rings (SSSR count). The molecule has 0 saturated heterocycles. The van der Waals surface area contributed by atoms with Gasteiger partial charge in [-0.3, -0.25) is 4.68 Å². The Bertz CT molecular complexity index is 855. The molecule has 0 spiro atoms. The topological polar surface area (TPSA) is 68.2 Å². The van der Waals surface area contributed by atoms with Crippen LogP contribution in [0.15, 0.2) is 48.7 Å². The van der Waals surface area contributed by atoms with Gasteiger partial charge >= 0.3 is 6.03 Å². The van der Waals surface area contributed by atoms with Crippen molar-refractivity contribution in [1.82, 2.24) is 15.1 Å². The van der Waals surface area contributed by atoms with Crippen LogP contribution in [0.4, 0.5) is 10.5 Å². The third-order valence-corrected chi connectivity index (χ3v) is 3.98. The van der Waals surface area contributed by atoms with Gasteiger partial charge in [0.15, 0.2) is 0 Å². The van der Waals surface area contributed by atoms with Crippen LogP contribution in [0.3, 0.4) is 0 Å². The molecule has 0 unspecified atom stereocenters. The SMILES string of the molecule is COc1ccc(NC(=O)NCCCn2ncc3ccc(C)cc32)cc1. The highest BCUT2D eigenvalue weighted by Crippen LogP contribution is 2.16. The molecule has 2 amide bonds. The Morgan fingerprint density at radius 1 is 1.20 bits per heavy atom. The van der Waals surface area contributed by atoms with Gasteiger partial charge in [-0.15, -0.1) is 0 Å². The van der Waals surface area contributed by atoms with Crippen LogP contribution >= 0.6 is 0 Å². The summed E-state index contributed by atoms with van der Waals surface area (Å²) in [6, 6.07) is 13.3. The second kappa shape index (κ2) is 7.70. The molecule has 3 aromatic rings. The monoisotopic (exact) mass is 338 g/mol. The average Bonchev–Trinajstić information content (AvgIpc) is 3.01. The molecule has 0 radical (unpaired) electrons. The molecular formula is C19H22N4O2. The highest BCUT2D eigenvalue weighted by molar-refractivity contribution is 5.89. The summed E-state index contributed by atoms with van der Waals surface area (Å²) < 4.78 is 7.07. The molecule has 0 aliphatic rings. The second-order valence-corrected chi connectivity index (χ2v) is 5.89. The summed E-state index contributed by atoms with van der Waals surface area (Å²) in [7, 11) is 1.61. The van der Waals surface area contributed by atoms with Crippen LogP contribution in [0.25, 0.3) is 10.9 Å². The Morgan fingerprint density at radius 2 is 2.00 bits per heavy atom. The number of hydrogen-bond donors (Lipinski definition) is 2. The third-order valence-electron chi connectivity index (χ3n) is 3.98. The summed E-state index contributed by atoms with van der Waals surface area (Å²) in [6.07, 6.45) is 2.68. The van der Waals surface area contributed by atoms with Gasteiger partial charge in [-0.1, -0.05) is 12.1 Å². The van der Waals surface area contributed by atoms with Gasteiger partial charge in [0.2, 0.25) is 0 Å². The zero-order valence-corrected chi connectivity index (χ0v) is 14.5. The summed E-state index contributed by atoms with van der Waals surface area (Å²) in [5.74, 6) is 0.757. The summed E-state index contributed by atoms with van der Waals surface area (Å²) in [4.78, 5) is 11.9. The standard InChI is InChI=1S/C19H22N4O2/c1-14-4-5-15-13-21-23(18(15)12-14)11-3-10-20-19(24)22-16-6-8-17(25-2)9-7-16/h4-9,12-13H,3,10-11H2,1-2H3,(H2,20,22,24). The minimum Gasteiger partial charge on any atom is -0.497 e. The molecule has 0 aliphatic heterocycles. The van der Waals surface area contributed by atoms with Gasteiger partial charge in [0.1, 0.15) is 5.75 Å². The minimum atomic E-state index is -0.216. The van der Waals surface area contributed by atoms with Crippen molar-refractivity contribution < 1.29 is 9.53 Å². The molecule has 0 bridgehead atoms. The molecule has 0 aliphatic carbocycles. The van der Waals surface area contributed by atoms with Crippen LogP contribution in [-0.2, 0) is 6.54 Å². The molecule has 130 valence electrons. The van der Waals surface area contributed by atoms with E-state index in [0.717, 1.165) is 35.3 Å². The number of amides is 2. The van der Waals surface area contributed by atoms with Gasteiger partial charge in [-0.05, 0) is 49.2 Å². The van der Waals surface area contributed by atoms with Crippen molar-refractivity contribution in [1.29, 1.82) is 0 Å². The van der Waals surface area contributed by atoms with E-state index in [1.165, 1.54) is 5.56 Å². The lowest BCUT2D eigenvalue weighted by atomic mass is 10.2. The third kappa shape index (κ3) is 4.29. The Kier molecular flexibility index (Phi) is 5.18. The lowest BCUT2D eigenvalue weighted by molar-refractivity contribution is 0.251. The molecule has 1 aromatic heterocycles. The Balaban J connectivity index is 1.45. The van der Waals surface area contributed by atoms with Crippen LogP contribution in [0.5, 0.6) is 5.75 Å². The number of nitrogens with zero attached hydrogens (tertiary/aromatic N) is 2. The molecule has 2 aromatic carbocycles. The summed E-state index contributed by atoms with van der Waals surface area (Å²) in [5, 5.41) is 11.2. The molecule has 0 saturated carbocycles. The van der Waals surface area contributed by atoms with Crippen molar-refractivity contribution in [2.75, 3.05) is 19.0 Å². The highest BCUT2D eigenvalue weighted by Gasteiger charge is 2.04. The van der Waals surface area contributed by atoms with Crippen molar-refractivity contribution >= 4 is 22.6 Å². The van der Waals surface area contributed by atoms with Crippen molar-refractivity contribution in [3.63, 3.8) is 0 Å². The minimum absolute atomic E-state index is 0.216. The van der Waals surface area contributed by atoms with Crippen LogP contribution in [0.1, 0.15) is 12.0 Å². The van der Waals surface area contributed by atoms with Crippen LogP contribution in [0.2, 0.25) is 0 Å². The molecule has 25 heavy (non-hydrogen) atoms. The van der Waals surface area contributed by atoms with E-state index in [1.807, 2.05) is 10.9 Å². The first-order valence-electron chi connectivity index (χ1n) is 8.27. The maximum atomic E-state index is 11.9. The number of benzene rings is 2. The van der Waals surface area contributed by atoms with Gasteiger partial charge in [0.05, 0.1) is 18.8 Å². The van der Waals surface area contributed by atoms with Gasteiger partial charge in [0.25, 0.3) is 0 Å². The average molecular weight is 338 g/mol. The van der Waals surface area contributed by atoms with E-state index in [2.05, 4.69) is 40.9 Å². The Labute approximate surface area is 146 Å². The first-order valence-corrected chi connectivity index (χ1v) is 8.27. The first-order chi connectivity index (χ1) is 12.2. The second-order valence-electron chi connectivity index (χ2n) is 5.89. The number of aromatic nitrogens is 2. The quantitative estimate of drug-likeness (QED) is 0.675. The van der Waals surface area contributed by atoms with E-state index in [0.29, 0.717) is 6.54 Å². The predicted molar refractivity (Wildman–Crippen MR) is 99.1 cm³/mol. The first kappa shape index (κ1) is 16.8. The number of hydrogen-bond acceptors (Lipinski definition) is 3. The van der Waals surface area contributed by atoms with E-state index in [-0.39, 0.29) is 6.03 Å². The van der Waals surface area contributed by atoms with Crippen molar-refractivity contribution in [2.24, 2.45) is 0 Å². The molecule has 2 N–H and O–H groups in total. The van der Waals surface area contributed by atoms with Gasteiger partial charge in [-0.25, -0.2) is 4.79 Å². The summed E-state index contributed by atoms with van der Waals surface area (Å²) in [5.41, 5.74) is 3.07. The smallest absolute Gasteiger partial charge is 0.319 e. The molecule has 1 heterocycles. The van der Waals surface area contributed by atoms with E-state index < -0.39 is 0 Å². The highest BCUT2D eigenvalue weighted by atomic mass is 16.5. The number of nitrogens with one attached hydrogen (secondary N) is 2. The molecule has 6 heteroatoms. The number of anilines is 1. The Morgan fingerprint density at radius 3 is 2.76 bits per heavy atom. The van der Waals surface area contributed by atoms with Crippen LogP contribution < -0.4 is 15.4 Å². The van der Waals surface area contributed by atoms with Crippen molar-refractivity contribution in [3.8, 4) is 5.75 Å². The van der Waals surface area contributed by atoms with Gasteiger partial charge < -0.3 is 15.4 Å². The fraction of sp³-hybridized carbons (Fsp3) is 0.263. The lowest BCUT2D eigenvalue weighted by Gasteiger charge is -2.09. The fourth-order valence-electron chi connectivity index (χ4n) is 2.64. The van der Waals surface area contributed by atoms with Crippen LogP contribution in [0, 0.1) is 6.92 Å². The maximum absolute atomic E-state index is 11.9. The van der Waals surface area contributed by atoms with Gasteiger partial charge in [0, 0.05) is 24.2 Å². The maximum Gasteiger partial charge on any atom is 0.319 e.